The maximum absolute atomic E-state index is 15.6. The summed E-state index contributed by atoms with van der Waals surface area (Å²) >= 11 is 1.19. The van der Waals surface area contributed by atoms with Crippen molar-refractivity contribution in [1.82, 2.24) is 94.6 Å². The molecule has 1 saturated heterocycles. The molecule has 2 aromatic heterocycles. The Morgan fingerprint density at radius 3 is 1.26 bits per heavy atom. The summed E-state index contributed by atoms with van der Waals surface area (Å²) in [5.74, 6) is -22.0. The lowest BCUT2D eigenvalue weighted by atomic mass is 10.0. The number of aromatic hydroxyl groups is 2. The number of hydrogen-bond acceptors (Lipinski definition) is 26. The SMILES string of the molecule is CC(=O)O.CSCCC(NC(=O)C(Cc1c[nH]c2ccccc12)NC(=O)C(Cc1c[nH]c2ccccc12)NC(=O)C(CCC(=O)O)NC(=O)C1CCCN1C(=O)C(CCCNC(=N)N)NC(=O)CNC(=O)C(N)C(C)C)C(=O)NC(CC(=O)O)C(=O)NC(Cc1ccc(O)cc1)C(=O)NC(CCC(N)=O)C(=O)NC(CCCCN)C(=O)NC(CCCNC(=N)N)C(=O)NC(Cc1ccc(O)cc1)C(=O)NCC(=O)O. The minimum Gasteiger partial charge on any atom is -0.508 e. The summed E-state index contributed by atoms with van der Waals surface area (Å²) in [6.07, 6.45) is -0.414. The second-order valence-corrected chi connectivity index (χ2v) is 35.5. The predicted octanol–water partition coefficient (Wildman–Crippen LogP) is -3.94. The van der Waals surface area contributed by atoms with Crippen LogP contribution in [0.3, 0.4) is 0 Å². The molecule has 13 unspecified atom stereocenters. The van der Waals surface area contributed by atoms with Crippen molar-refractivity contribution in [3.63, 3.8) is 0 Å². The second-order valence-electron chi connectivity index (χ2n) is 34.5. The number of unbranched alkanes of at least 4 members (excludes halogenated alkanes) is 1. The van der Waals surface area contributed by atoms with Crippen molar-refractivity contribution in [3.8, 4) is 11.5 Å². The highest BCUT2D eigenvalue weighted by atomic mass is 32.2. The van der Waals surface area contributed by atoms with Crippen molar-refractivity contribution in [2.24, 2.45) is 34.6 Å². The van der Waals surface area contributed by atoms with Crippen molar-refractivity contribution in [1.29, 1.82) is 10.8 Å². The van der Waals surface area contributed by atoms with E-state index in [1.54, 1.807) is 81.0 Å². The number of rotatable bonds is 60. The minimum atomic E-state index is -2.13. The average molecular weight is 2030 g/mol. The zero-order chi connectivity index (χ0) is 106. The molecule has 6 aromatic rings. The summed E-state index contributed by atoms with van der Waals surface area (Å²) in [5.41, 5.74) is 31.1. The number of primary amides is 1. The van der Waals surface area contributed by atoms with Crippen LogP contribution in [0.2, 0.25) is 0 Å². The monoisotopic (exact) mass is 2030 g/mol. The van der Waals surface area contributed by atoms with Gasteiger partial charge in [-0.25, -0.2) is 0 Å². The number of phenols is 2. The molecule has 0 spiro atoms. The Bertz CT molecular complexity index is 5470. The van der Waals surface area contributed by atoms with E-state index in [0.717, 1.165) is 6.92 Å². The van der Waals surface area contributed by atoms with Gasteiger partial charge >= 0.3 is 17.9 Å². The topological polar surface area (TPSA) is 839 Å². The molecular weight excluding hydrogens is 1900 g/mol. The maximum Gasteiger partial charge on any atom is 0.322 e. The van der Waals surface area contributed by atoms with E-state index >= 15 is 24.0 Å². The molecular formula is C93H131N25O25S. The number of carboxylic acid groups (broad SMARTS) is 4. The molecule has 13 atom stereocenters. The van der Waals surface area contributed by atoms with Crippen molar-refractivity contribution < 1.29 is 122 Å². The van der Waals surface area contributed by atoms with Gasteiger partial charge in [0.15, 0.2) is 11.9 Å². The van der Waals surface area contributed by atoms with Gasteiger partial charge in [0.2, 0.25) is 88.6 Å². The number of amides is 15. The predicted molar refractivity (Wildman–Crippen MR) is 525 cm³/mol. The van der Waals surface area contributed by atoms with Crippen LogP contribution in [0.4, 0.5) is 0 Å². The maximum atomic E-state index is 15.6. The number of thioether (sulfide) groups is 1. The number of fused-ring (bicyclic) bond motifs is 2. The number of guanidine groups is 2. The number of aliphatic carboxylic acids is 4. The fourth-order valence-corrected chi connectivity index (χ4v) is 15.8. The van der Waals surface area contributed by atoms with E-state index in [0.29, 0.717) is 38.5 Å². The quantitative estimate of drug-likeness (QED) is 0.00985. The van der Waals surface area contributed by atoms with Gasteiger partial charge in [-0.2, -0.15) is 11.8 Å². The zero-order valence-electron chi connectivity index (χ0n) is 80.0. The Labute approximate surface area is 831 Å². The third-order valence-corrected chi connectivity index (χ3v) is 23.5. The van der Waals surface area contributed by atoms with Crippen LogP contribution in [0.25, 0.3) is 21.8 Å². The van der Waals surface area contributed by atoms with E-state index in [2.05, 4.69) is 89.7 Å². The van der Waals surface area contributed by atoms with Crippen LogP contribution in [0.15, 0.2) is 109 Å². The highest BCUT2D eigenvalue weighted by Crippen LogP contribution is 2.26. The second kappa shape index (κ2) is 59.8. The van der Waals surface area contributed by atoms with E-state index < -0.39 is 249 Å². The highest BCUT2D eigenvalue weighted by Gasteiger charge is 2.42. The van der Waals surface area contributed by atoms with Gasteiger partial charge < -0.3 is 154 Å². The van der Waals surface area contributed by atoms with Crippen LogP contribution in [0, 0.1) is 16.7 Å². The number of carbonyl (C=O) groups is 19. The molecule has 15 amide bonds. The standard InChI is InChI=1S/C91H127N25O23S.C2H4O2/c1-48(2)76(94)88(138)103-46-72(120)105-64(19-11-36-100-91(97)98)89(139)116-37-12-20-70(116)87(137)110-62(30-32-73(121)122)81(131)113-68(42-52-45-102-58-16-7-5-14-56(52)58)85(135)114-67(41-51-44-101-57-15-6-4-13-55(51)57)84(134)109-63(33-38-140-3)82(132)115-69(43-74(123)124)86(136)112-66(40-50-23-27-54(118)28-24-50)83(133)108-61(29-31-71(93)119)80(130)106-59(17-8-9-34-92)78(128)107-60(18-10-35-99-90(95)96)79(129)111-65(77(127)104-47-75(125)126)39-49-21-25-53(117)26-22-49;1-2(3)4/h4-7,13-16,21-28,44-45,48,59-70,76,101-102,117-118H,8-12,17-20,29-43,46-47,92,94H2,1-3H3,(H2,93,119)(H,103,138)(H,104,127)(H,105,120)(H,106,130)(H,107,128)(H,108,133)(H,109,134)(H,110,137)(H,111,129)(H,112,136)(H,113,131)(H,114,135)(H,115,132)(H,121,122)(H,123,124)(H,125,126)(H4,95,96,99)(H4,97,98,100);1H3,(H,3,4). The van der Waals surface area contributed by atoms with E-state index in [9.17, 15) is 87.9 Å². The Morgan fingerprint density at radius 1 is 0.438 bits per heavy atom. The van der Waals surface area contributed by atoms with E-state index in [4.69, 9.17) is 49.4 Å². The van der Waals surface area contributed by atoms with Crippen LogP contribution in [0.5, 0.6) is 11.5 Å². The molecule has 0 aliphatic carbocycles. The number of carboxylic acids is 4. The van der Waals surface area contributed by atoms with Crippen molar-refractivity contribution in [3.05, 3.63) is 132 Å². The number of H-pyrrole nitrogens is 2. The van der Waals surface area contributed by atoms with E-state index in [1.807, 2.05) is 0 Å². The van der Waals surface area contributed by atoms with Crippen LogP contribution < -0.4 is 108 Å². The number of nitrogens with two attached hydrogens (primary N) is 5. The largest absolute Gasteiger partial charge is 0.508 e. The van der Waals surface area contributed by atoms with Gasteiger partial charge in [-0.1, -0.05) is 74.5 Å². The van der Waals surface area contributed by atoms with Crippen LogP contribution in [-0.2, 0) is 117 Å². The highest BCUT2D eigenvalue weighted by molar-refractivity contribution is 7.98. The molecule has 4 aromatic carbocycles. The summed E-state index contributed by atoms with van der Waals surface area (Å²) in [5, 5.41) is 112. The third-order valence-electron chi connectivity index (χ3n) is 22.8. The van der Waals surface area contributed by atoms with Gasteiger partial charge in [-0.3, -0.25) is 102 Å². The van der Waals surface area contributed by atoms with Crippen molar-refractivity contribution in [2.45, 2.75) is 221 Å². The molecule has 1 aliphatic rings. The van der Waals surface area contributed by atoms with Crippen molar-refractivity contribution >= 4 is 158 Å². The number of para-hydroxylation sites is 2. The van der Waals surface area contributed by atoms with Gasteiger partial charge in [-0.05, 0) is 160 Å². The Balaban J connectivity index is 0.00000777. The summed E-state index contributed by atoms with van der Waals surface area (Å²) in [6.45, 7) is 3.17. The molecule has 0 radical (unpaired) electrons. The molecule has 784 valence electrons. The number of phenolic OH excluding ortho intramolecular Hbond substituents is 2. The Kier molecular flexibility index (Phi) is 48.6. The van der Waals surface area contributed by atoms with Crippen molar-refractivity contribution in [2.75, 3.05) is 51.3 Å². The minimum absolute atomic E-state index is 0.0138. The first kappa shape index (κ1) is 117. The van der Waals surface area contributed by atoms with Gasteiger partial charge in [-0.15, -0.1) is 0 Å². The van der Waals surface area contributed by atoms with Gasteiger partial charge in [0, 0.05) is 99.3 Å². The molecule has 1 fully saturated rings. The molecule has 3 heterocycles. The smallest absolute Gasteiger partial charge is 0.322 e. The number of aromatic amines is 2. The number of benzene rings is 4. The van der Waals surface area contributed by atoms with Crippen LogP contribution in [-0.4, -0.2) is 300 Å². The lowest BCUT2D eigenvalue weighted by Gasteiger charge is -2.30. The van der Waals surface area contributed by atoms with Gasteiger partial charge in [0.25, 0.3) is 5.97 Å². The Hall–Kier alpha value is -15.7. The van der Waals surface area contributed by atoms with Crippen LogP contribution in [0.1, 0.15) is 139 Å². The fraction of sp³-hybridized carbons (Fsp3) is 0.473. The molecule has 144 heavy (non-hydrogen) atoms. The summed E-state index contributed by atoms with van der Waals surface area (Å²) < 4.78 is 0. The first-order valence-electron chi connectivity index (χ1n) is 46.4. The first-order chi connectivity index (χ1) is 68.3. The fourth-order valence-electron chi connectivity index (χ4n) is 15.3. The van der Waals surface area contributed by atoms with E-state index in [-0.39, 0.29) is 144 Å². The lowest BCUT2D eigenvalue weighted by molar-refractivity contribution is -0.142. The molecule has 0 bridgehead atoms. The van der Waals surface area contributed by atoms with Crippen LogP contribution >= 0.6 is 11.8 Å². The van der Waals surface area contributed by atoms with E-state index in [1.165, 1.54) is 65.2 Å². The zero-order valence-corrected chi connectivity index (χ0v) is 80.9. The molecule has 50 nitrogen and oxygen atoms in total. The number of hydrogen-bond donors (Lipinski definition) is 30. The van der Waals surface area contributed by atoms with Gasteiger partial charge in [0.05, 0.1) is 19.0 Å². The average Bonchev–Trinajstić information content (AvgIpc) is 1.66. The molecule has 0 saturated carbocycles. The lowest BCUT2D eigenvalue weighted by Crippen LogP contribution is -2.61. The number of aromatic nitrogens is 2. The van der Waals surface area contributed by atoms with Gasteiger partial charge in [0.1, 0.15) is 90.5 Å². The number of likely N-dealkylation sites (tertiary alicyclic amines) is 1. The number of nitrogens with zero attached hydrogens (tertiary/aromatic N) is 1. The molecule has 51 heteroatoms. The summed E-state index contributed by atoms with van der Waals surface area (Å²) in [6, 6.07) is 3.33. The molecule has 7 rings (SSSR count). The Morgan fingerprint density at radius 2 is 0.826 bits per heavy atom. The first-order valence-corrected chi connectivity index (χ1v) is 47.8. The number of nitrogens with one attached hydrogen (secondary N) is 19. The number of carbonyl (C=O) groups excluding carboxylic acids is 15. The molecule has 1 aliphatic heterocycles. The molecule has 35 N–H and O–H groups in total. The third kappa shape index (κ3) is 40.5. The summed E-state index contributed by atoms with van der Waals surface area (Å²) in [7, 11) is 0. The summed E-state index contributed by atoms with van der Waals surface area (Å²) in [4.78, 5) is 270. The normalized spacial score (nSPS) is 14.5.